The van der Waals surface area contributed by atoms with Crippen molar-refractivity contribution >= 4 is 56.2 Å². The molecule has 0 saturated carbocycles. The Morgan fingerprint density at radius 2 is 2.03 bits per heavy atom. The predicted molar refractivity (Wildman–Crippen MR) is 129 cm³/mol. The maximum atomic E-state index is 13.1. The van der Waals surface area contributed by atoms with Crippen LogP contribution in [0.4, 0.5) is 5.69 Å². The third-order valence-electron chi connectivity index (χ3n) is 5.31. The van der Waals surface area contributed by atoms with E-state index in [1.807, 2.05) is 36.6 Å². The molecule has 6 nitrogen and oxygen atoms in total. The number of carbonyl (C=O) groups excluding carboxylic acids is 1. The molecule has 1 atom stereocenters. The number of nitrogens with one attached hydrogen (secondary N) is 1. The number of thiazole rings is 1. The number of sulfonamides is 1. The molecule has 4 rings (SSSR count). The number of aromatic nitrogens is 1. The standard InChI is InChI=1S/C22H21Cl2N3O3S2/c1-14-25-20(13-31-14)15-4-2-6-18(10-15)26-22(28)16-5-3-9-27(12-16)32(29,30)21-11-17(23)7-8-19(21)24/h2,4,6-8,10-11,13,16H,3,5,9,12H2,1H3,(H,26,28). The van der Waals surface area contributed by atoms with Gasteiger partial charge in [0.25, 0.3) is 0 Å². The molecule has 0 radical (unpaired) electrons. The normalized spacial score (nSPS) is 17.3. The van der Waals surface area contributed by atoms with Crippen LogP contribution in [0.25, 0.3) is 11.3 Å². The average molecular weight is 510 g/mol. The largest absolute Gasteiger partial charge is 0.326 e. The quantitative estimate of drug-likeness (QED) is 0.494. The lowest BCUT2D eigenvalue weighted by Gasteiger charge is -2.31. The minimum absolute atomic E-state index is 0.0426. The van der Waals surface area contributed by atoms with Crippen LogP contribution in [-0.2, 0) is 14.8 Å². The Morgan fingerprint density at radius 3 is 2.78 bits per heavy atom. The van der Waals surface area contributed by atoms with Crippen LogP contribution >= 0.6 is 34.5 Å². The van der Waals surface area contributed by atoms with E-state index in [2.05, 4.69) is 10.3 Å². The second-order valence-corrected chi connectivity index (χ2v) is 11.4. The van der Waals surface area contributed by atoms with E-state index >= 15 is 0 Å². The summed E-state index contributed by atoms with van der Waals surface area (Å²) in [7, 11) is -3.87. The molecular weight excluding hydrogens is 489 g/mol. The van der Waals surface area contributed by atoms with Gasteiger partial charge in [-0.25, -0.2) is 13.4 Å². The molecule has 1 fully saturated rings. The van der Waals surface area contributed by atoms with Gasteiger partial charge in [0.1, 0.15) is 4.90 Å². The molecule has 3 aromatic rings. The van der Waals surface area contributed by atoms with Gasteiger partial charge in [-0.2, -0.15) is 4.31 Å². The molecule has 2 aromatic carbocycles. The molecule has 1 aromatic heterocycles. The summed E-state index contributed by atoms with van der Waals surface area (Å²) in [5.74, 6) is -0.685. The van der Waals surface area contributed by atoms with Crippen molar-refractivity contribution in [1.29, 1.82) is 0 Å². The molecule has 1 aliphatic heterocycles. The highest BCUT2D eigenvalue weighted by Crippen LogP contribution is 2.31. The second-order valence-electron chi connectivity index (χ2n) is 7.60. The van der Waals surface area contributed by atoms with Crippen molar-refractivity contribution in [2.45, 2.75) is 24.7 Å². The maximum absolute atomic E-state index is 13.1. The molecule has 1 saturated heterocycles. The van der Waals surface area contributed by atoms with Crippen molar-refractivity contribution in [3.05, 3.63) is 62.9 Å². The number of halogens is 2. The van der Waals surface area contributed by atoms with Crippen LogP contribution in [-0.4, -0.2) is 36.7 Å². The highest BCUT2D eigenvalue weighted by Gasteiger charge is 2.34. The first kappa shape index (κ1) is 23.2. The molecular formula is C22H21Cl2N3O3S2. The molecule has 32 heavy (non-hydrogen) atoms. The van der Waals surface area contributed by atoms with Gasteiger partial charge >= 0.3 is 0 Å². The summed E-state index contributed by atoms with van der Waals surface area (Å²) in [6.07, 6.45) is 1.18. The number of benzene rings is 2. The van der Waals surface area contributed by atoms with Gasteiger partial charge in [0.15, 0.2) is 0 Å². The average Bonchev–Trinajstić information content (AvgIpc) is 3.22. The van der Waals surface area contributed by atoms with Gasteiger partial charge in [0.2, 0.25) is 15.9 Å². The smallest absolute Gasteiger partial charge is 0.244 e. The third kappa shape index (κ3) is 5.00. The third-order valence-corrected chi connectivity index (χ3v) is 8.67. The molecule has 1 amide bonds. The number of aryl methyl sites for hydroxylation is 1. The fourth-order valence-electron chi connectivity index (χ4n) is 3.69. The van der Waals surface area contributed by atoms with Gasteiger partial charge in [-0.1, -0.05) is 35.3 Å². The SMILES string of the molecule is Cc1nc(-c2cccc(NC(=O)C3CCCN(S(=O)(=O)c4cc(Cl)ccc4Cl)C3)c2)cs1. The highest BCUT2D eigenvalue weighted by molar-refractivity contribution is 7.89. The van der Waals surface area contributed by atoms with E-state index in [1.165, 1.54) is 22.5 Å². The number of rotatable bonds is 5. The number of carbonyl (C=O) groups is 1. The zero-order valence-electron chi connectivity index (χ0n) is 17.2. The Balaban J connectivity index is 1.49. The van der Waals surface area contributed by atoms with Gasteiger partial charge in [0, 0.05) is 34.7 Å². The Hall–Kier alpha value is -1.97. The Morgan fingerprint density at radius 1 is 1.22 bits per heavy atom. The van der Waals surface area contributed by atoms with Crippen LogP contribution in [0.15, 0.2) is 52.7 Å². The van der Waals surface area contributed by atoms with Gasteiger partial charge in [0.05, 0.1) is 21.6 Å². The van der Waals surface area contributed by atoms with E-state index in [9.17, 15) is 13.2 Å². The van der Waals surface area contributed by atoms with Gasteiger partial charge in [-0.3, -0.25) is 4.79 Å². The van der Waals surface area contributed by atoms with Crippen LogP contribution in [0.5, 0.6) is 0 Å². The van der Waals surface area contributed by atoms with Crippen LogP contribution < -0.4 is 5.32 Å². The summed E-state index contributed by atoms with van der Waals surface area (Å²) in [5, 5.41) is 6.27. The first-order valence-electron chi connectivity index (χ1n) is 10.0. The molecule has 10 heteroatoms. The number of amides is 1. The van der Waals surface area contributed by atoms with Gasteiger partial charge in [-0.15, -0.1) is 11.3 Å². The summed E-state index contributed by atoms with van der Waals surface area (Å²) in [6.45, 7) is 2.36. The number of piperidine rings is 1. The van der Waals surface area contributed by atoms with E-state index in [4.69, 9.17) is 23.2 Å². The topological polar surface area (TPSA) is 79.4 Å². The van der Waals surface area contributed by atoms with E-state index < -0.39 is 15.9 Å². The van der Waals surface area contributed by atoms with Crippen molar-refractivity contribution in [2.24, 2.45) is 5.92 Å². The molecule has 168 valence electrons. The summed E-state index contributed by atoms with van der Waals surface area (Å²) in [6, 6.07) is 11.8. The summed E-state index contributed by atoms with van der Waals surface area (Å²) in [4.78, 5) is 17.4. The Labute approximate surface area is 201 Å². The Kier molecular flexibility index (Phi) is 6.88. The van der Waals surface area contributed by atoms with Gasteiger partial charge < -0.3 is 5.32 Å². The van der Waals surface area contributed by atoms with Crippen molar-refractivity contribution < 1.29 is 13.2 Å². The number of hydrogen-bond donors (Lipinski definition) is 1. The molecule has 0 bridgehead atoms. The molecule has 1 N–H and O–H groups in total. The predicted octanol–water partition coefficient (Wildman–Crippen LogP) is 5.46. The van der Waals surface area contributed by atoms with Crippen LogP contribution in [0.2, 0.25) is 10.0 Å². The minimum atomic E-state index is -3.87. The fraction of sp³-hybridized carbons (Fsp3) is 0.273. The van der Waals surface area contributed by atoms with Crippen molar-refractivity contribution in [3.8, 4) is 11.3 Å². The Bertz CT molecular complexity index is 1260. The highest BCUT2D eigenvalue weighted by atomic mass is 35.5. The summed E-state index contributed by atoms with van der Waals surface area (Å²) in [5.41, 5.74) is 2.42. The van der Waals surface area contributed by atoms with E-state index in [0.717, 1.165) is 16.3 Å². The number of anilines is 1. The first-order chi connectivity index (χ1) is 15.2. The molecule has 0 aliphatic carbocycles. The lowest BCUT2D eigenvalue weighted by molar-refractivity contribution is -0.120. The molecule has 0 spiro atoms. The zero-order valence-corrected chi connectivity index (χ0v) is 20.4. The lowest BCUT2D eigenvalue weighted by Crippen LogP contribution is -2.43. The number of nitrogens with zero attached hydrogens (tertiary/aromatic N) is 2. The van der Waals surface area contributed by atoms with Crippen molar-refractivity contribution in [3.63, 3.8) is 0 Å². The molecule has 1 aliphatic rings. The van der Waals surface area contributed by atoms with Gasteiger partial charge in [-0.05, 0) is 50.1 Å². The lowest BCUT2D eigenvalue weighted by atomic mass is 9.98. The van der Waals surface area contributed by atoms with E-state index in [1.54, 1.807) is 11.3 Å². The van der Waals surface area contributed by atoms with E-state index in [0.29, 0.717) is 25.1 Å². The monoisotopic (exact) mass is 509 g/mol. The van der Waals surface area contributed by atoms with Crippen molar-refractivity contribution in [2.75, 3.05) is 18.4 Å². The minimum Gasteiger partial charge on any atom is -0.326 e. The first-order valence-corrected chi connectivity index (χ1v) is 13.1. The second kappa shape index (κ2) is 9.49. The molecule has 2 heterocycles. The zero-order chi connectivity index (χ0) is 22.9. The number of hydrogen-bond acceptors (Lipinski definition) is 5. The van der Waals surface area contributed by atoms with E-state index in [-0.39, 0.29) is 27.4 Å². The van der Waals surface area contributed by atoms with Crippen LogP contribution in [0, 0.1) is 12.8 Å². The van der Waals surface area contributed by atoms with Crippen LogP contribution in [0.3, 0.4) is 0 Å². The molecule has 1 unspecified atom stereocenters. The summed E-state index contributed by atoms with van der Waals surface area (Å²) >= 11 is 13.7. The maximum Gasteiger partial charge on any atom is 0.244 e. The van der Waals surface area contributed by atoms with Crippen LogP contribution in [0.1, 0.15) is 17.8 Å². The summed E-state index contributed by atoms with van der Waals surface area (Å²) < 4.78 is 27.6. The fourth-order valence-corrected chi connectivity index (χ4v) is 6.57. The van der Waals surface area contributed by atoms with Crippen molar-refractivity contribution in [1.82, 2.24) is 9.29 Å².